The van der Waals surface area contributed by atoms with Crippen molar-refractivity contribution in [3.63, 3.8) is 0 Å². The Morgan fingerprint density at radius 1 is 1.18 bits per heavy atom. The number of ether oxygens (including phenoxy) is 2. The van der Waals surface area contributed by atoms with Crippen LogP contribution in [0.25, 0.3) is 0 Å². The normalized spacial score (nSPS) is 10.0. The molecular weight excluding hydrogens is 280 g/mol. The maximum Gasteiger partial charge on any atom is 0.220 e. The lowest BCUT2D eigenvalue weighted by Gasteiger charge is -2.08. The van der Waals surface area contributed by atoms with E-state index in [-0.39, 0.29) is 5.91 Å². The standard InChI is InChI=1S/C17H20N2O3/c1-21-15-5-7-16(8-6-15)22-12-11-19-17(20)9-4-14-3-2-10-18-13-14/h2-3,5-8,10,13H,4,9,11-12H2,1H3,(H,19,20). The van der Waals surface area contributed by atoms with Crippen molar-refractivity contribution >= 4 is 5.91 Å². The van der Waals surface area contributed by atoms with Crippen LogP contribution in [0.3, 0.4) is 0 Å². The number of amides is 1. The number of aryl methyl sites for hydroxylation is 1. The van der Waals surface area contributed by atoms with Crippen LogP contribution >= 0.6 is 0 Å². The van der Waals surface area contributed by atoms with Crippen LogP contribution < -0.4 is 14.8 Å². The molecule has 0 aliphatic rings. The Morgan fingerprint density at radius 2 is 1.95 bits per heavy atom. The number of methoxy groups -OCH3 is 1. The number of rotatable bonds is 8. The van der Waals surface area contributed by atoms with Gasteiger partial charge in [0.25, 0.3) is 0 Å². The van der Waals surface area contributed by atoms with Gasteiger partial charge in [0.15, 0.2) is 0 Å². The largest absolute Gasteiger partial charge is 0.497 e. The Kier molecular flexibility index (Phi) is 6.23. The summed E-state index contributed by atoms with van der Waals surface area (Å²) in [6.07, 6.45) is 4.65. The average molecular weight is 300 g/mol. The molecule has 0 saturated heterocycles. The summed E-state index contributed by atoms with van der Waals surface area (Å²) in [6.45, 7) is 0.920. The fourth-order valence-corrected chi connectivity index (χ4v) is 1.92. The van der Waals surface area contributed by atoms with E-state index in [2.05, 4.69) is 10.3 Å². The molecule has 22 heavy (non-hydrogen) atoms. The van der Waals surface area contributed by atoms with Crippen molar-refractivity contribution in [2.45, 2.75) is 12.8 Å². The number of aromatic nitrogens is 1. The molecule has 1 aromatic heterocycles. The zero-order valence-corrected chi connectivity index (χ0v) is 12.6. The molecule has 0 saturated carbocycles. The van der Waals surface area contributed by atoms with Gasteiger partial charge in [-0.25, -0.2) is 0 Å². The summed E-state index contributed by atoms with van der Waals surface area (Å²) in [4.78, 5) is 15.7. The molecule has 0 atom stereocenters. The van der Waals surface area contributed by atoms with E-state index < -0.39 is 0 Å². The van der Waals surface area contributed by atoms with Gasteiger partial charge in [-0.3, -0.25) is 9.78 Å². The van der Waals surface area contributed by atoms with Crippen molar-refractivity contribution in [3.05, 3.63) is 54.4 Å². The summed E-state index contributed by atoms with van der Waals surface area (Å²) >= 11 is 0. The Bertz CT molecular complexity index is 570. The van der Waals surface area contributed by atoms with Gasteiger partial charge in [-0.05, 0) is 42.3 Å². The molecule has 0 fully saturated rings. The van der Waals surface area contributed by atoms with Crippen molar-refractivity contribution in [1.29, 1.82) is 0 Å². The van der Waals surface area contributed by atoms with Crippen LogP contribution in [0.2, 0.25) is 0 Å². The minimum atomic E-state index is 0.0159. The lowest BCUT2D eigenvalue weighted by molar-refractivity contribution is -0.121. The summed E-state index contributed by atoms with van der Waals surface area (Å²) in [6, 6.07) is 11.2. The van der Waals surface area contributed by atoms with Gasteiger partial charge in [-0.2, -0.15) is 0 Å². The molecule has 0 radical (unpaired) electrons. The minimum Gasteiger partial charge on any atom is -0.497 e. The fraction of sp³-hybridized carbons (Fsp3) is 0.294. The molecule has 1 N–H and O–H groups in total. The Labute approximate surface area is 130 Å². The third-order valence-corrected chi connectivity index (χ3v) is 3.12. The molecule has 0 spiro atoms. The summed E-state index contributed by atoms with van der Waals surface area (Å²) in [5.74, 6) is 1.56. The SMILES string of the molecule is COc1ccc(OCCNC(=O)CCc2cccnc2)cc1. The molecule has 1 aromatic carbocycles. The van der Waals surface area contributed by atoms with Gasteiger partial charge >= 0.3 is 0 Å². The smallest absolute Gasteiger partial charge is 0.220 e. The zero-order valence-electron chi connectivity index (χ0n) is 12.6. The molecule has 5 nitrogen and oxygen atoms in total. The van der Waals surface area contributed by atoms with E-state index in [4.69, 9.17) is 9.47 Å². The second kappa shape index (κ2) is 8.67. The van der Waals surface area contributed by atoms with Gasteiger partial charge in [0.2, 0.25) is 5.91 Å². The van der Waals surface area contributed by atoms with Gasteiger partial charge < -0.3 is 14.8 Å². The zero-order chi connectivity index (χ0) is 15.6. The molecule has 0 bridgehead atoms. The Balaban J connectivity index is 1.60. The molecule has 2 aromatic rings. The maximum atomic E-state index is 11.7. The Hall–Kier alpha value is -2.56. The number of hydrogen-bond donors (Lipinski definition) is 1. The first-order chi connectivity index (χ1) is 10.8. The minimum absolute atomic E-state index is 0.0159. The van der Waals surface area contributed by atoms with E-state index in [0.29, 0.717) is 26.0 Å². The van der Waals surface area contributed by atoms with E-state index in [9.17, 15) is 4.79 Å². The summed E-state index contributed by atoms with van der Waals surface area (Å²) in [5, 5.41) is 2.84. The first-order valence-corrected chi connectivity index (χ1v) is 7.20. The van der Waals surface area contributed by atoms with Crippen LogP contribution in [0.4, 0.5) is 0 Å². The second-order valence-electron chi connectivity index (χ2n) is 4.74. The van der Waals surface area contributed by atoms with Gasteiger partial charge in [-0.1, -0.05) is 6.07 Å². The van der Waals surface area contributed by atoms with Gasteiger partial charge in [-0.15, -0.1) is 0 Å². The highest BCUT2D eigenvalue weighted by Crippen LogP contribution is 2.16. The first-order valence-electron chi connectivity index (χ1n) is 7.20. The van der Waals surface area contributed by atoms with Gasteiger partial charge in [0.1, 0.15) is 18.1 Å². The number of nitrogens with one attached hydrogen (secondary N) is 1. The van der Waals surface area contributed by atoms with E-state index >= 15 is 0 Å². The number of pyridine rings is 1. The average Bonchev–Trinajstić information content (AvgIpc) is 2.58. The van der Waals surface area contributed by atoms with Crippen LogP contribution in [0, 0.1) is 0 Å². The molecule has 0 unspecified atom stereocenters. The molecule has 2 rings (SSSR count). The van der Waals surface area contributed by atoms with Crippen molar-refractivity contribution in [2.75, 3.05) is 20.3 Å². The summed E-state index contributed by atoms with van der Waals surface area (Å²) < 4.78 is 10.6. The predicted octanol–water partition coefficient (Wildman–Crippen LogP) is 2.22. The predicted molar refractivity (Wildman–Crippen MR) is 84.1 cm³/mol. The van der Waals surface area contributed by atoms with E-state index in [1.807, 2.05) is 36.4 Å². The van der Waals surface area contributed by atoms with Crippen molar-refractivity contribution in [3.8, 4) is 11.5 Å². The van der Waals surface area contributed by atoms with E-state index in [1.54, 1.807) is 19.5 Å². The topological polar surface area (TPSA) is 60.5 Å². The molecular formula is C17H20N2O3. The molecule has 1 amide bonds. The maximum absolute atomic E-state index is 11.7. The molecule has 5 heteroatoms. The summed E-state index contributed by atoms with van der Waals surface area (Å²) in [7, 11) is 1.62. The number of carbonyl (C=O) groups excluding carboxylic acids is 1. The van der Waals surface area contributed by atoms with Gasteiger partial charge in [0, 0.05) is 18.8 Å². The highest BCUT2D eigenvalue weighted by atomic mass is 16.5. The van der Waals surface area contributed by atoms with Crippen molar-refractivity contribution in [2.24, 2.45) is 0 Å². The number of nitrogens with zero attached hydrogens (tertiary/aromatic N) is 1. The summed E-state index contributed by atoms with van der Waals surface area (Å²) in [5.41, 5.74) is 1.06. The monoisotopic (exact) mass is 300 g/mol. The van der Waals surface area contributed by atoms with E-state index in [0.717, 1.165) is 17.1 Å². The second-order valence-corrected chi connectivity index (χ2v) is 4.74. The Morgan fingerprint density at radius 3 is 2.64 bits per heavy atom. The molecule has 1 heterocycles. The number of hydrogen-bond acceptors (Lipinski definition) is 4. The number of carbonyl (C=O) groups is 1. The third-order valence-electron chi connectivity index (χ3n) is 3.12. The first kappa shape index (κ1) is 15.8. The molecule has 0 aliphatic heterocycles. The van der Waals surface area contributed by atoms with Crippen LogP contribution in [0.1, 0.15) is 12.0 Å². The molecule has 0 aliphatic carbocycles. The highest BCUT2D eigenvalue weighted by molar-refractivity contribution is 5.76. The van der Waals surface area contributed by atoms with Crippen molar-refractivity contribution in [1.82, 2.24) is 10.3 Å². The van der Waals surface area contributed by atoms with Crippen LogP contribution in [-0.2, 0) is 11.2 Å². The molecule has 116 valence electrons. The van der Waals surface area contributed by atoms with Crippen LogP contribution in [0.15, 0.2) is 48.8 Å². The lowest BCUT2D eigenvalue weighted by Crippen LogP contribution is -2.28. The third kappa shape index (κ3) is 5.44. The lowest BCUT2D eigenvalue weighted by atomic mass is 10.1. The van der Waals surface area contributed by atoms with E-state index in [1.165, 1.54) is 0 Å². The quantitative estimate of drug-likeness (QED) is 0.759. The fourth-order valence-electron chi connectivity index (χ4n) is 1.92. The van der Waals surface area contributed by atoms with Crippen LogP contribution in [0.5, 0.6) is 11.5 Å². The van der Waals surface area contributed by atoms with Crippen LogP contribution in [-0.4, -0.2) is 31.2 Å². The van der Waals surface area contributed by atoms with Crippen molar-refractivity contribution < 1.29 is 14.3 Å². The van der Waals surface area contributed by atoms with Gasteiger partial charge in [0.05, 0.1) is 13.7 Å². The number of benzene rings is 1. The highest BCUT2D eigenvalue weighted by Gasteiger charge is 2.02.